The molecule has 1 atom stereocenters. The van der Waals surface area contributed by atoms with Crippen LogP contribution in [0.5, 0.6) is 0 Å². The van der Waals surface area contributed by atoms with Crippen molar-refractivity contribution in [3.8, 4) is 0 Å². The number of alkyl halides is 3. The third kappa shape index (κ3) is 8.22. The summed E-state index contributed by atoms with van der Waals surface area (Å²) in [5.41, 5.74) is 3.59. The van der Waals surface area contributed by atoms with E-state index >= 15 is 0 Å². The highest BCUT2D eigenvalue weighted by Crippen LogP contribution is 2.41. The van der Waals surface area contributed by atoms with Crippen LogP contribution < -0.4 is 15.3 Å². The molecule has 1 aliphatic heterocycles. The molecule has 4 aromatic rings. The Bertz CT molecular complexity index is 1700. The summed E-state index contributed by atoms with van der Waals surface area (Å²) >= 11 is 6.53. The van der Waals surface area contributed by atoms with Gasteiger partial charge in [-0.05, 0) is 98.5 Å². The standard InChI is InChI=1S/C35H38ClF3N6O2/c1-22-19-23(2)31(24(3)20-22)32(28-21-26(35(37,38)39)7-10-29(28)36)45(34(46)47)30-11-13-40-33(42-30)41-27-8-5-25(6-9-27)12-14-44-17-15-43(4)16-18-44/h5-11,13,19-21,32H,12,14-18H2,1-4H3,(H,46,47)(H,40,41,42)/p-1. The number of aromatic nitrogens is 2. The Labute approximate surface area is 277 Å². The molecule has 1 amide bonds. The van der Waals surface area contributed by atoms with E-state index in [9.17, 15) is 23.1 Å². The molecule has 248 valence electrons. The van der Waals surface area contributed by atoms with Gasteiger partial charge < -0.3 is 29.9 Å². The molecule has 1 saturated heterocycles. The second kappa shape index (κ2) is 14.3. The van der Waals surface area contributed by atoms with Crippen molar-refractivity contribution < 1.29 is 23.1 Å². The zero-order chi connectivity index (χ0) is 33.9. The molecule has 0 radical (unpaired) electrons. The van der Waals surface area contributed by atoms with Crippen LogP contribution in [0.15, 0.2) is 66.9 Å². The van der Waals surface area contributed by atoms with E-state index in [0.717, 1.165) is 67.8 Å². The lowest BCUT2D eigenvalue weighted by Crippen LogP contribution is -2.45. The van der Waals surface area contributed by atoms with Crippen LogP contribution >= 0.6 is 11.6 Å². The molecule has 1 N–H and O–H groups in total. The molecule has 0 bridgehead atoms. The van der Waals surface area contributed by atoms with Crippen molar-refractivity contribution in [3.63, 3.8) is 0 Å². The predicted octanol–water partition coefficient (Wildman–Crippen LogP) is 6.55. The Morgan fingerprint density at radius 1 is 1.00 bits per heavy atom. The zero-order valence-corrected chi connectivity index (χ0v) is 27.5. The van der Waals surface area contributed by atoms with Gasteiger partial charge in [-0.1, -0.05) is 41.4 Å². The van der Waals surface area contributed by atoms with Crippen LogP contribution in [0.25, 0.3) is 0 Å². The highest BCUT2D eigenvalue weighted by atomic mass is 35.5. The van der Waals surface area contributed by atoms with Crippen molar-refractivity contribution in [1.29, 1.82) is 0 Å². The molecule has 0 saturated carbocycles. The number of piperazine rings is 1. The summed E-state index contributed by atoms with van der Waals surface area (Å²) in [5.74, 6) is 0.00863. The summed E-state index contributed by atoms with van der Waals surface area (Å²) in [7, 11) is 2.13. The number of benzene rings is 3. The van der Waals surface area contributed by atoms with Gasteiger partial charge in [-0.25, -0.2) is 4.98 Å². The summed E-state index contributed by atoms with van der Waals surface area (Å²) in [6.45, 7) is 10.6. The van der Waals surface area contributed by atoms with Gasteiger partial charge in [0.25, 0.3) is 0 Å². The normalized spacial score (nSPS) is 15.0. The van der Waals surface area contributed by atoms with E-state index in [1.54, 1.807) is 13.8 Å². The largest absolute Gasteiger partial charge is 0.530 e. The van der Waals surface area contributed by atoms with E-state index in [-0.39, 0.29) is 22.4 Å². The maximum atomic E-state index is 13.9. The first-order chi connectivity index (χ1) is 22.3. The molecule has 0 aliphatic carbocycles. The fraction of sp³-hybridized carbons (Fsp3) is 0.343. The molecular weight excluding hydrogens is 629 g/mol. The van der Waals surface area contributed by atoms with Gasteiger partial charge in [0.1, 0.15) is 11.9 Å². The second-order valence-electron chi connectivity index (χ2n) is 12.0. The topological polar surface area (TPSA) is 87.7 Å². The SMILES string of the molecule is Cc1cc(C)c(C(c2cc(C(F)(F)F)ccc2Cl)N(C(=O)[O-])c2ccnc(Nc3ccc(CCN4CCN(C)CC4)cc3)n2)c(C)c1. The van der Waals surface area contributed by atoms with Gasteiger partial charge in [0.05, 0.1) is 11.6 Å². The fourth-order valence-corrected chi connectivity index (χ4v) is 6.31. The number of carbonyl (C=O) groups excluding carboxylic acids is 1. The first-order valence-corrected chi connectivity index (χ1v) is 15.7. The maximum absolute atomic E-state index is 13.9. The van der Waals surface area contributed by atoms with Crippen LogP contribution in [0, 0.1) is 20.8 Å². The molecule has 0 spiro atoms. The lowest BCUT2D eigenvalue weighted by Gasteiger charge is -2.36. The van der Waals surface area contributed by atoms with Crippen molar-refractivity contribution >= 4 is 35.1 Å². The first kappa shape index (κ1) is 34.2. The number of nitrogens with one attached hydrogen (secondary N) is 1. The number of halogens is 4. The lowest BCUT2D eigenvalue weighted by atomic mass is 9.88. The van der Waals surface area contributed by atoms with Crippen molar-refractivity contribution in [1.82, 2.24) is 19.8 Å². The molecule has 1 aromatic heterocycles. The Balaban J connectivity index is 1.47. The van der Waals surface area contributed by atoms with Crippen molar-refractivity contribution in [2.45, 2.75) is 39.4 Å². The minimum absolute atomic E-state index is 0.0336. The monoisotopic (exact) mass is 665 g/mol. The van der Waals surface area contributed by atoms with Crippen molar-refractivity contribution in [2.75, 3.05) is 50.0 Å². The predicted molar refractivity (Wildman–Crippen MR) is 176 cm³/mol. The van der Waals surface area contributed by atoms with Crippen LogP contribution in [0.3, 0.4) is 0 Å². The number of hydrogen-bond acceptors (Lipinski definition) is 7. The molecule has 8 nitrogen and oxygen atoms in total. The number of carbonyl (C=O) groups is 1. The number of anilines is 3. The number of likely N-dealkylation sites (N-methyl/N-ethyl adjacent to an activating group) is 1. The molecule has 2 heterocycles. The maximum Gasteiger partial charge on any atom is 0.416 e. The summed E-state index contributed by atoms with van der Waals surface area (Å²) in [6, 6.07) is 14.5. The van der Waals surface area contributed by atoms with Gasteiger partial charge in [-0.3, -0.25) is 0 Å². The van der Waals surface area contributed by atoms with E-state index in [2.05, 4.69) is 32.1 Å². The third-order valence-corrected chi connectivity index (χ3v) is 8.84. The smallest absolute Gasteiger partial charge is 0.416 e. The van der Waals surface area contributed by atoms with Gasteiger partial charge in [-0.2, -0.15) is 18.2 Å². The quantitative estimate of drug-likeness (QED) is 0.217. The van der Waals surface area contributed by atoms with E-state index in [4.69, 9.17) is 11.6 Å². The van der Waals surface area contributed by atoms with E-state index in [0.29, 0.717) is 22.4 Å². The molecule has 1 fully saturated rings. The summed E-state index contributed by atoms with van der Waals surface area (Å²) < 4.78 is 41.6. The Morgan fingerprint density at radius 2 is 1.66 bits per heavy atom. The fourth-order valence-electron chi connectivity index (χ4n) is 6.09. The second-order valence-corrected chi connectivity index (χ2v) is 12.4. The Kier molecular flexibility index (Phi) is 10.4. The average Bonchev–Trinajstić information content (AvgIpc) is 3.00. The summed E-state index contributed by atoms with van der Waals surface area (Å²) in [4.78, 5) is 27.3. The van der Waals surface area contributed by atoms with Gasteiger partial charge in [-0.15, -0.1) is 0 Å². The van der Waals surface area contributed by atoms with Crippen molar-refractivity contribution in [2.24, 2.45) is 0 Å². The molecule has 1 aliphatic rings. The van der Waals surface area contributed by atoms with Crippen LogP contribution in [0.1, 0.15) is 45.0 Å². The zero-order valence-electron chi connectivity index (χ0n) is 26.7. The Morgan fingerprint density at radius 3 is 2.28 bits per heavy atom. The van der Waals surface area contributed by atoms with Gasteiger partial charge in [0.15, 0.2) is 0 Å². The van der Waals surface area contributed by atoms with Gasteiger partial charge in [0, 0.05) is 49.6 Å². The summed E-state index contributed by atoms with van der Waals surface area (Å²) in [6.07, 6.45) is -4.06. The first-order valence-electron chi connectivity index (χ1n) is 15.3. The minimum Gasteiger partial charge on any atom is -0.530 e. The van der Waals surface area contributed by atoms with Crippen LogP contribution in [0.2, 0.25) is 5.02 Å². The number of carboxylic acid groups (broad SMARTS) is 1. The van der Waals surface area contributed by atoms with E-state index in [1.165, 1.54) is 17.8 Å². The molecular formula is C35H37ClF3N6O2-. The molecule has 1 unspecified atom stereocenters. The van der Waals surface area contributed by atoms with Gasteiger partial charge in [0.2, 0.25) is 5.95 Å². The summed E-state index contributed by atoms with van der Waals surface area (Å²) in [5, 5.41) is 16.0. The van der Waals surface area contributed by atoms with E-state index < -0.39 is 23.9 Å². The highest BCUT2D eigenvalue weighted by molar-refractivity contribution is 6.31. The number of aryl methyl sites for hydroxylation is 3. The van der Waals surface area contributed by atoms with Crippen LogP contribution in [-0.4, -0.2) is 65.6 Å². The van der Waals surface area contributed by atoms with Crippen molar-refractivity contribution in [3.05, 3.63) is 111 Å². The highest BCUT2D eigenvalue weighted by Gasteiger charge is 2.35. The van der Waals surface area contributed by atoms with Crippen LogP contribution in [0.4, 0.5) is 35.4 Å². The number of hydrogen-bond donors (Lipinski definition) is 1. The molecule has 47 heavy (non-hydrogen) atoms. The number of rotatable bonds is 9. The molecule has 12 heteroatoms. The van der Waals surface area contributed by atoms with Gasteiger partial charge >= 0.3 is 6.18 Å². The number of nitrogens with zero attached hydrogens (tertiary/aromatic N) is 5. The van der Waals surface area contributed by atoms with E-state index in [1.807, 2.05) is 43.3 Å². The average molecular weight is 666 g/mol. The minimum atomic E-state index is -4.68. The third-order valence-electron chi connectivity index (χ3n) is 8.49. The lowest BCUT2D eigenvalue weighted by molar-refractivity contribution is -0.247. The number of amides is 1. The molecule has 3 aromatic carbocycles. The Hall–Kier alpha value is -4.19. The molecule has 5 rings (SSSR count). The van der Waals surface area contributed by atoms with Crippen LogP contribution in [-0.2, 0) is 12.6 Å².